The summed E-state index contributed by atoms with van der Waals surface area (Å²) in [4.78, 5) is 36.1. The Labute approximate surface area is 249 Å². The molecule has 4 aromatic rings. The first-order chi connectivity index (χ1) is 20.2. The highest BCUT2D eigenvalue weighted by atomic mass is 32.1. The molecule has 3 aromatic heterocycles. The van der Waals surface area contributed by atoms with Crippen LogP contribution in [0.2, 0.25) is 0 Å². The molecule has 11 nitrogen and oxygen atoms in total. The number of benzene rings is 1. The van der Waals surface area contributed by atoms with Crippen LogP contribution in [0.1, 0.15) is 61.1 Å². The van der Waals surface area contributed by atoms with Crippen LogP contribution in [0.4, 0.5) is 4.79 Å². The molecular formula is C30H35N7O4S. The molecule has 5 heterocycles. The molecule has 42 heavy (non-hydrogen) atoms. The van der Waals surface area contributed by atoms with Gasteiger partial charge in [-0.1, -0.05) is 6.07 Å². The van der Waals surface area contributed by atoms with Crippen molar-refractivity contribution in [2.24, 2.45) is 0 Å². The minimum absolute atomic E-state index is 0.0221. The molecule has 220 valence electrons. The molecule has 0 radical (unpaired) electrons. The smallest absolute Gasteiger partial charge is 0.410 e. The van der Waals surface area contributed by atoms with E-state index in [1.807, 2.05) is 68.2 Å². The number of carbonyl (C=O) groups excluding carboxylic acids is 1. The normalized spacial score (nSPS) is 18.4. The fourth-order valence-electron chi connectivity index (χ4n) is 5.47. The van der Waals surface area contributed by atoms with E-state index in [2.05, 4.69) is 25.9 Å². The van der Waals surface area contributed by atoms with E-state index in [1.54, 1.807) is 28.8 Å². The number of likely N-dealkylation sites (tertiary alicyclic amines) is 1. The first-order valence-corrected chi connectivity index (χ1v) is 15.0. The van der Waals surface area contributed by atoms with Gasteiger partial charge in [-0.2, -0.15) is 0 Å². The average molecular weight is 590 g/mol. The summed E-state index contributed by atoms with van der Waals surface area (Å²) in [6.07, 6.45) is 7.72. The lowest BCUT2D eigenvalue weighted by Crippen LogP contribution is -2.41. The van der Waals surface area contributed by atoms with Gasteiger partial charge in [-0.05, 0) is 64.4 Å². The molecule has 1 aromatic carbocycles. The molecule has 1 amide bonds. The molecule has 0 bridgehead atoms. The second kappa shape index (κ2) is 11.7. The highest BCUT2D eigenvalue weighted by molar-refractivity contribution is 7.09. The van der Waals surface area contributed by atoms with Crippen LogP contribution in [0.25, 0.3) is 5.95 Å². The van der Waals surface area contributed by atoms with Crippen LogP contribution >= 0.6 is 11.3 Å². The Balaban J connectivity index is 1.27. The summed E-state index contributed by atoms with van der Waals surface area (Å²) >= 11 is 1.67. The number of imidazole rings is 1. The monoisotopic (exact) mass is 589 g/mol. The number of thiazole rings is 1. The molecule has 0 aliphatic carbocycles. The number of carbonyl (C=O) groups is 1. The summed E-state index contributed by atoms with van der Waals surface area (Å²) in [7, 11) is 0. The number of aromatic nitrogens is 5. The molecule has 2 aliphatic rings. The predicted molar refractivity (Wildman–Crippen MR) is 157 cm³/mol. The summed E-state index contributed by atoms with van der Waals surface area (Å²) in [6.45, 7) is 10.2. The Morgan fingerprint density at radius 2 is 2.02 bits per heavy atom. The first kappa shape index (κ1) is 28.1. The van der Waals surface area contributed by atoms with Crippen molar-refractivity contribution in [1.82, 2.24) is 34.3 Å². The lowest BCUT2D eigenvalue weighted by Gasteiger charge is -2.31. The fourth-order valence-corrected chi connectivity index (χ4v) is 6.27. The predicted octanol–water partition coefficient (Wildman–Crippen LogP) is 5.12. The number of amides is 1. The van der Waals surface area contributed by atoms with Crippen LogP contribution in [-0.4, -0.2) is 72.4 Å². The Morgan fingerprint density at radius 1 is 1.17 bits per heavy atom. The molecule has 2 atom stereocenters. The van der Waals surface area contributed by atoms with E-state index in [-0.39, 0.29) is 24.8 Å². The van der Waals surface area contributed by atoms with Crippen molar-refractivity contribution in [3.8, 4) is 17.4 Å². The van der Waals surface area contributed by atoms with E-state index in [1.165, 1.54) is 0 Å². The minimum atomic E-state index is -0.613. The van der Waals surface area contributed by atoms with Crippen LogP contribution < -0.4 is 9.47 Å². The number of aryl methyl sites for hydroxylation is 1. The van der Waals surface area contributed by atoms with Crippen molar-refractivity contribution in [3.05, 3.63) is 76.5 Å². The molecule has 0 saturated carbocycles. The highest BCUT2D eigenvalue weighted by Gasteiger charge is 2.39. The molecule has 2 unspecified atom stereocenters. The fraction of sp³-hybridized carbons (Fsp3) is 0.433. The van der Waals surface area contributed by atoms with Crippen molar-refractivity contribution in [3.63, 3.8) is 0 Å². The lowest BCUT2D eigenvalue weighted by molar-refractivity contribution is 0.0211. The van der Waals surface area contributed by atoms with Gasteiger partial charge in [0.2, 0.25) is 12.7 Å². The quantitative estimate of drug-likeness (QED) is 0.277. The van der Waals surface area contributed by atoms with Crippen molar-refractivity contribution in [1.29, 1.82) is 0 Å². The van der Waals surface area contributed by atoms with Gasteiger partial charge in [0.25, 0.3) is 0 Å². The number of hydrogen-bond donors (Lipinski definition) is 0. The Hall–Kier alpha value is -4.03. The molecule has 12 heteroatoms. The summed E-state index contributed by atoms with van der Waals surface area (Å²) in [6, 6.07) is 7.81. The van der Waals surface area contributed by atoms with Gasteiger partial charge in [0, 0.05) is 55.2 Å². The number of fused-ring (bicyclic) bond motifs is 1. The summed E-state index contributed by atoms with van der Waals surface area (Å²) in [5, 5.41) is 3.11. The van der Waals surface area contributed by atoms with Gasteiger partial charge >= 0.3 is 6.09 Å². The van der Waals surface area contributed by atoms with Crippen molar-refractivity contribution < 1.29 is 19.0 Å². The van der Waals surface area contributed by atoms with Crippen LogP contribution in [0.5, 0.6) is 11.5 Å². The van der Waals surface area contributed by atoms with Gasteiger partial charge in [-0.25, -0.2) is 24.7 Å². The molecule has 1 saturated heterocycles. The zero-order chi connectivity index (χ0) is 29.3. The van der Waals surface area contributed by atoms with Gasteiger partial charge in [0.05, 0.1) is 16.7 Å². The van der Waals surface area contributed by atoms with Gasteiger partial charge in [-0.15, -0.1) is 11.3 Å². The van der Waals surface area contributed by atoms with E-state index in [9.17, 15) is 4.79 Å². The van der Waals surface area contributed by atoms with Gasteiger partial charge in [-0.3, -0.25) is 9.47 Å². The van der Waals surface area contributed by atoms with E-state index >= 15 is 0 Å². The Kier molecular flexibility index (Phi) is 7.82. The SMILES string of the molecule is Cc1cc(C2C(c3nccs3)CCN2CCN(Cc2ccc3c(c2)OCO3)C(=O)OC(C)(C)C)nc(-n2ccnc2)n1. The van der Waals surface area contributed by atoms with Crippen molar-refractivity contribution in [2.45, 2.75) is 58.2 Å². The van der Waals surface area contributed by atoms with Gasteiger partial charge < -0.3 is 19.1 Å². The topological polar surface area (TPSA) is 108 Å². The van der Waals surface area contributed by atoms with E-state index in [0.717, 1.165) is 34.9 Å². The molecular weight excluding hydrogens is 554 g/mol. The summed E-state index contributed by atoms with van der Waals surface area (Å²) < 4.78 is 18.7. The third kappa shape index (κ3) is 6.24. The molecule has 0 N–H and O–H groups in total. The van der Waals surface area contributed by atoms with E-state index in [0.29, 0.717) is 37.1 Å². The lowest BCUT2D eigenvalue weighted by atomic mass is 9.97. The maximum absolute atomic E-state index is 13.4. The standard InChI is InChI=1S/C30H35N7O4S/c1-20-15-23(34-28(33-20)37-11-8-31-18-37)26-22(27-32-9-14-42-27)7-10-35(26)12-13-36(29(38)41-30(2,3)4)17-21-5-6-24-25(16-21)40-19-39-24/h5-6,8-9,11,14-16,18,22,26H,7,10,12-13,17,19H2,1-4H3. The Bertz CT molecular complexity index is 1520. The zero-order valence-electron chi connectivity index (χ0n) is 24.3. The number of nitrogens with zero attached hydrogens (tertiary/aromatic N) is 7. The van der Waals surface area contributed by atoms with E-state index in [4.69, 9.17) is 19.2 Å². The molecule has 6 rings (SSSR count). The van der Waals surface area contributed by atoms with Crippen molar-refractivity contribution in [2.75, 3.05) is 26.4 Å². The molecule has 2 aliphatic heterocycles. The number of ether oxygens (including phenoxy) is 3. The molecule has 0 spiro atoms. The van der Waals surface area contributed by atoms with Crippen molar-refractivity contribution >= 4 is 17.4 Å². The van der Waals surface area contributed by atoms with E-state index < -0.39 is 5.60 Å². The first-order valence-electron chi connectivity index (χ1n) is 14.1. The summed E-state index contributed by atoms with van der Waals surface area (Å²) in [5.74, 6) is 2.17. The maximum Gasteiger partial charge on any atom is 0.410 e. The third-order valence-electron chi connectivity index (χ3n) is 7.29. The van der Waals surface area contributed by atoms with Crippen LogP contribution in [0, 0.1) is 6.92 Å². The number of rotatable bonds is 8. The minimum Gasteiger partial charge on any atom is -0.454 e. The van der Waals surface area contributed by atoms with Gasteiger partial charge in [0.15, 0.2) is 11.5 Å². The van der Waals surface area contributed by atoms with Crippen LogP contribution in [-0.2, 0) is 11.3 Å². The third-order valence-corrected chi connectivity index (χ3v) is 8.20. The highest BCUT2D eigenvalue weighted by Crippen LogP contribution is 2.44. The van der Waals surface area contributed by atoms with Crippen LogP contribution in [0.15, 0.2) is 54.6 Å². The maximum atomic E-state index is 13.4. The summed E-state index contributed by atoms with van der Waals surface area (Å²) in [5.41, 5.74) is 2.15. The zero-order valence-corrected chi connectivity index (χ0v) is 25.1. The largest absolute Gasteiger partial charge is 0.454 e. The second-order valence-corrected chi connectivity index (χ2v) is 12.5. The van der Waals surface area contributed by atoms with Gasteiger partial charge in [0.1, 0.15) is 11.9 Å². The second-order valence-electron chi connectivity index (χ2n) is 11.5. The average Bonchev–Trinajstić information content (AvgIpc) is 3.76. The molecule has 1 fully saturated rings. The Morgan fingerprint density at radius 3 is 2.79 bits per heavy atom. The number of hydrogen-bond acceptors (Lipinski definition) is 10. The van der Waals surface area contributed by atoms with Crippen LogP contribution in [0.3, 0.4) is 0 Å².